The number of halogens is 1. The molecule has 2 saturated heterocycles. The van der Waals surface area contributed by atoms with E-state index in [1.807, 2.05) is 30.9 Å². The molecule has 0 atom stereocenters. The van der Waals surface area contributed by atoms with Gasteiger partial charge in [-0.05, 0) is 92.7 Å². The summed E-state index contributed by atoms with van der Waals surface area (Å²) < 4.78 is 30.9. The van der Waals surface area contributed by atoms with Crippen molar-refractivity contribution in [3.8, 4) is 28.4 Å². The number of piperidine rings is 1. The smallest absolute Gasteiger partial charge is 0.228 e. The number of hydrogen-bond donors (Lipinski definition) is 0. The summed E-state index contributed by atoms with van der Waals surface area (Å²) in [6.45, 7) is 8.23. The van der Waals surface area contributed by atoms with E-state index in [2.05, 4.69) is 22.0 Å². The van der Waals surface area contributed by atoms with Gasteiger partial charge in [0.25, 0.3) is 0 Å². The second kappa shape index (κ2) is 11.6. The van der Waals surface area contributed by atoms with Gasteiger partial charge < -0.3 is 14.2 Å². The lowest BCUT2D eigenvalue weighted by Crippen LogP contribution is -2.41. The van der Waals surface area contributed by atoms with Gasteiger partial charge in [0.05, 0.1) is 32.1 Å². The minimum atomic E-state index is -0.276. The fourth-order valence-electron chi connectivity index (χ4n) is 5.71. The number of rotatable bonds is 9. The number of benzene rings is 2. The summed E-state index contributed by atoms with van der Waals surface area (Å²) >= 11 is 0. The Morgan fingerprint density at radius 1 is 0.974 bits per heavy atom. The highest BCUT2D eigenvalue weighted by atomic mass is 19.1. The number of carbonyl (C=O) groups excluding carboxylic acids is 1. The highest BCUT2D eigenvalue weighted by molar-refractivity contribution is 5.95. The largest absolute Gasteiger partial charge is 0.495 e. The zero-order valence-electron chi connectivity index (χ0n) is 22.9. The lowest BCUT2D eigenvalue weighted by Gasteiger charge is -2.38. The molecule has 8 heteroatoms. The number of pyridine rings is 1. The number of likely N-dealkylation sites (tertiary alicyclic amines) is 1. The molecule has 0 bridgehead atoms. The topological polar surface area (TPSA) is 64.1 Å². The molecule has 2 fully saturated rings. The first-order chi connectivity index (χ1) is 18.9. The summed E-state index contributed by atoms with van der Waals surface area (Å²) in [5.74, 6) is 2.71. The Labute approximate surface area is 229 Å². The minimum Gasteiger partial charge on any atom is -0.495 e. The molecule has 206 valence electrons. The Hall–Kier alpha value is -3.65. The van der Waals surface area contributed by atoms with Crippen LogP contribution in [-0.4, -0.2) is 55.7 Å². The van der Waals surface area contributed by atoms with Crippen LogP contribution < -0.4 is 19.1 Å². The molecule has 39 heavy (non-hydrogen) atoms. The summed E-state index contributed by atoms with van der Waals surface area (Å²) in [4.78, 5) is 21.6. The molecule has 1 amide bonds. The van der Waals surface area contributed by atoms with Crippen LogP contribution in [0.25, 0.3) is 11.1 Å². The van der Waals surface area contributed by atoms with Crippen LogP contribution in [0.2, 0.25) is 0 Å². The summed E-state index contributed by atoms with van der Waals surface area (Å²) in [5, 5.41) is 0. The predicted molar refractivity (Wildman–Crippen MR) is 149 cm³/mol. The van der Waals surface area contributed by atoms with E-state index in [0.717, 1.165) is 60.7 Å². The molecular formula is C31H36FN3O4. The van der Waals surface area contributed by atoms with Crippen molar-refractivity contribution in [2.45, 2.75) is 39.7 Å². The Morgan fingerprint density at radius 2 is 1.64 bits per heavy atom. The second-order valence-corrected chi connectivity index (χ2v) is 10.3. The van der Waals surface area contributed by atoms with Crippen molar-refractivity contribution >= 4 is 11.7 Å². The molecule has 2 aliphatic heterocycles. The van der Waals surface area contributed by atoms with E-state index in [0.29, 0.717) is 37.7 Å². The molecule has 2 aromatic carbocycles. The number of ether oxygens (including phenoxy) is 3. The summed E-state index contributed by atoms with van der Waals surface area (Å²) in [7, 11) is 1.61. The number of nitrogens with zero attached hydrogens (tertiary/aromatic N) is 3. The van der Waals surface area contributed by atoms with Gasteiger partial charge in [-0.3, -0.25) is 14.6 Å². The Balaban J connectivity index is 1.30. The molecule has 3 heterocycles. The maximum absolute atomic E-state index is 13.6. The first kappa shape index (κ1) is 26.9. The van der Waals surface area contributed by atoms with Crippen LogP contribution in [0.4, 0.5) is 10.2 Å². The quantitative estimate of drug-likeness (QED) is 0.351. The van der Waals surface area contributed by atoms with Gasteiger partial charge in [-0.25, -0.2) is 9.37 Å². The molecule has 0 unspecified atom stereocenters. The van der Waals surface area contributed by atoms with Crippen LogP contribution in [0, 0.1) is 11.2 Å². The van der Waals surface area contributed by atoms with E-state index in [-0.39, 0.29) is 17.1 Å². The molecule has 5 rings (SSSR count). The van der Waals surface area contributed by atoms with Crippen LogP contribution >= 0.6 is 0 Å². The summed E-state index contributed by atoms with van der Waals surface area (Å²) in [6, 6.07) is 14.3. The fraction of sp³-hybridized carbons (Fsp3) is 0.419. The number of hydrogen-bond acceptors (Lipinski definition) is 6. The zero-order valence-corrected chi connectivity index (χ0v) is 22.9. The standard InChI is InChI=1S/C31H36FN3O4/c1-4-38-26-16-22(17-27(39-5-2)30(26)23-6-8-24(32)9-7-23)20-34-14-12-31(13-15-34)18-29(36)35(21-31)28-11-10-25(37-3)19-33-28/h6-11,16-17,19H,4-5,12-15,18,20-21H2,1-3H3. The monoisotopic (exact) mass is 533 g/mol. The molecule has 1 aromatic heterocycles. The van der Waals surface area contributed by atoms with Crippen LogP contribution in [-0.2, 0) is 11.3 Å². The number of anilines is 1. The minimum absolute atomic E-state index is 0.0193. The first-order valence-corrected chi connectivity index (χ1v) is 13.6. The van der Waals surface area contributed by atoms with E-state index >= 15 is 0 Å². The van der Waals surface area contributed by atoms with Gasteiger partial charge >= 0.3 is 0 Å². The van der Waals surface area contributed by atoms with E-state index in [9.17, 15) is 9.18 Å². The molecule has 0 aliphatic carbocycles. The van der Waals surface area contributed by atoms with Crippen molar-refractivity contribution in [1.82, 2.24) is 9.88 Å². The number of aromatic nitrogens is 1. The number of amides is 1. The molecular weight excluding hydrogens is 497 g/mol. The number of carbonyl (C=O) groups is 1. The lowest BCUT2D eigenvalue weighted by atomic mass is 9.77. The molecule has 0 radical (unpaired) electrons. The van der Waals surface area contributed by atoms with Crippen molar-refractivity contribution in [1.29, 1.82) is 0 Å². The average molecular weight is 534 g/mol. The number of methoxy groups -OCH3 is 1. The summed E-state index contributed by atoms with van der Waals surface area (Å²) in [5.41, 5.74) is 2.79. The van der Waals surface area contributed by atoms with Gasteiger partial charge in [-0.2, -0.15) is 0 Å². The second-order valence-electron chi connectivity index (χ2n) is 10.3. The first-order valence-electron chi connectivity index (χ1n) is 13.6. The predicted octanol–water partition coefficient (Wildman–Crippen LogP) is 5.71. The van der Waals surface area contributed by atoms with Gasteiger partial charge in [-0.15, -0.1) is 0 Å². The van der Waals surface area contributed by atoms with E-state index in [1.165, 1.54) is 12.1 Å². The van der Waals surface area contributed by atoms with Crippen LogP contribution in [0.5, 0.6) is 17.2 Å². The van der Waals surface area contributed by atoms with Crippen molar-refractivity contribution < 1.29 is 23.4 Å². The fourth-order valence-corrected chi connectivity index (χ4v) is 5.71. The highest BCUT2D eigenvalue weighted by Crippen LogP contribution is 2.44. The van der Waals surface area contributed by atoms with E-state index in [1.54, 1.807) is 25.4 Å². The maximum Gasteiger partial charge on any atom is 0.228 e. The molecule has 7 nitrogen and oxygen atoms in total. The van der Waals surface area contributed by atoms with Gasteiger partial charge in [0, 0.05) is 19.5 Å². The third-order valence-electron chi connectivity index (χ3n) is 7.74. The molecule has 2 aliphatic rings. The Morgan fingerprint density at radius 3 is 2.21 bits per heavy atom. The maximum atomic E-state index is 13.6. The van der Waals surface area contributed by atoms with Crippen molar-refractivity contribution in [2.75, 3.05) is 44.9 Å². The van der Waals surface area contributed by atoms with Gasteiger partial charge in [0.15, 0.2) is 0 Å². The summed E-state index contributed by atoms with van der Waals surface area (Å²) in [6.07, 6.45) is 4.12. The van der Waals surface area contributed by atoms with Crippen molar-refractivity contribution in [2.24, 2.45) is 5.41 Å². The van der Waals surface area contributed by atoms with E-state index in [4.69, 9.17) is 14.2 Å². The van der Waals surface area contributed by atoms with E-state index < -0.39 is 0 Å². The Bertz CT molecular complexity index is 1260. The molecule has 0 N–H and O–H groups in total. The average Bonchev–Trinajstić information content (AvgIpc) is 3.26. The lowest BCUT2D eigenvalue weighted by molar-refractivity contribution is -0.118. The third kappa shape index (κ3) is 5.86. The molecule has 1 spiro atoms. The van der Waals surface area contributed by atoms with Crippen LogP contribution in [0.1, 0.15) is 38.7 Å². The van der Waals surface area contributed by atoms with Gasteiger partial charge in [0.2, 0.25) is 5.91 Å². The SMILES string of the molecule is CCOc1cc(CN2CCC3(CC2)CC(=O)N(c2ccc(OC)cn2)C3)cc(OCC)c1-c1ccc(F)cc1. The highest BCUT2D eigenvalue weighted by Gasteiger charge is 2.45. The van der Waals surface area contributed by atoms with Crippen LogP contribution in [0.15, 0.2) is 54.7 Å². The third-order valence-corrected chi connectivity index (χ3v) is 7.74. The van der Waals surface area contributed by atoms with Gasteiger partial charge in [0.1, 0.15) is 28.9 Å². The Kier molecular flexibility index (Phi) is 8.02. The van der Waals surface area contributed by atoms with Crippen molar-refractivity contribution in [3.05, 3.63) is 66.1 Å². The molecule has 0 saturated carbocycles. The van der Waals surface area contributed by atoms with Crippen LogP contribution in [0.3, 0.4) is 0 Å². The zero-order chi connectivity index (χ0) is 27.4. The van der Waals surface area contributed by atoms with Gasteiger partial charge in [-0.1, -0.05) is 12.1 Å². The van der Waals surface area contributed by atoms with Crippen molar-refractivity contribution in [3.63, 3.8) is 0 Å². The molecule has 3 aromatic rings. The normalized spacial score (nSPS) is 17.0.